The summed E-state index contributed by atoms with van der Waals surface area (Å²) in [6.45, 7) is 4.13. The maximum Gasteiger partial charge on any atom is 0.125 e. The zero-order valence-electron chi connectivity index (χ0n) is 15.8. The summed E-state index contributed by atoms with van der Waals surface area (Å²) in [5.41, 5.74) is 5.81. The van der Waals surface area contributed by atoms with Crippen LogP contribution < -0.4 is 9.47 Å². The van der Waals surface area contributed by atoms with Crippen LogP contribution in [0.15, 0.2) is 60.7 Å². The maximum atomic E-state index is 6.59. The van der Waals surface area contributed by atoms with E-state index in [1.165, 1.54) is 16.7 Å². The van der Waals surface area contributed by atoms with E-state index in [1.54, 1.807) is 7.11 Å². The minimum absolute atomic E-state index is 0.0192. The Morgan fingerprint density at radius 1 is 0.963 bits per heavy atom. The van der Waals surface area contributed by atoms with Crippen LogP contribution in [0.1, 0.15) is 46.3 Å². The predicted octanol–water partition coefficient (Wildman–Crippen LogP) is 6.62. The first-order valence-electron chi connectivity index (χ1n) is 9.23. The normalized spacial score (nSPS) is 18.5. The minimum Gasteiger partial charge on any atom is -0.497 e. The molecule has 3 heteroatoms. The first-order valence-corrected chi connectivity index (χ1v) is 9.61. The van der Waals surface area contributed by atoms with Crippen molar-refractivity contribution in [2.45, 2.75) is 32.3 Å². The molecule has 1 aliphatic heterocycles. The first kappa shape index (κ1) is 17.9. The number of fused-ring (bicyclic) bond motifs is 1. The van der Waals surface area contributed by atoms with Gasteiger partial charge in [0.1, 0.15) is 17.6 Å². The molecule has 0 radical (unpaired) electrons. The molecule has 0 unspecified atom stereocenters. The third-order valence-corrected chi connectivity index (χ3v) is 6.03. The van der Waals surface area contributed by atoms with Gasteiger partial charge in [0.05, 0.1) is 7.11 Å². The lowest BCUT2D eigenvalue weighted by Crippen LogP contribution is -2.21. The topological polar surface area (TPSA) is 18.5 Å². The van der Waals surface area contributed by atoms with Crippen molar-refractivity contribution in [2.24, 2.45) is 0 Å². The van der Waals surface area contributed by atoms with E-state index in [0.717, 1.165) is 34.1 Å². The Labute approximate surface area is 165 Å². The van der Waals surface area contributed by atoms with Crippen molar-refractivity contribution >= 4 is 11.6 Å². The molecule has 0 saturated heterocycles. The second-order valence-electron chi connectivity index (χ2n) is 7.12. The third-order valence-electron chi connectivity index (χ3n) is 5.45. The van der Waals surface area contributed by atoms with E-state index in [0.29, 0.717) is 0 Å². The average molecular weight is 379 g/mol. The molecule has 3 aromatic rings. The van der Waals surface area contributed by atoms with Gasteiger partial charge in [-0.25, -0.2) is 0 Å². The summed E-state index contributed by atoms with van der Waals surface area (Å²) in [7, 11) is 1.69. The van der Waals surface area contributed by atoms with E-state index in [1.807, 2.05) is 25.1 Å². The number of rotatable bonds is 3. The first-order chi connectivity index (χ1) is 13.1. The summed E-state index contributed by atoms with van der Waals surface area (Å²) < 4.78 is 11.8. The second kappa shape index (κ2) is 7.28. The number of hydrogen-bond donors (Lipinski definition) is 0. The van der Waals surface area contributed by atoms with Crippen LogP contribution in [0.4, 0.5) is 0 Å². The molecule has 2 atom stereocenters. The zero-order valence-corrected chi connectivity index (χ0v) is 16.6. The predicted molar refractivity (Wildman–Crippen MR) is 110 cm³/mol. The molecule has 1 heterocycles. The van der Waals surface area contributed by atoms with Gasteiger partial charge in [-0.15, -0.1) is 0 Å². The second-order valence-corrected chi connectivity index (χ2v) is 7.50. The van der Waals surface area contributed by atoms with Crippen molar-refractivity contribution < 1.29 is 9.47 Å². The van der Waals surface area contributed by atoms with Crippen molar-refractivity contribution in [1.29, 1.82) is 0 Å². The van der Waals surface area contributed by atoms with Gasteiger partial charge in [-0.1, -0.05) is 54.1 Å². The Kier molecular flexibility index (Phi) is 4.84. The van der Waals surface area contributed by atoms with Crippen molar-refractivity contribution in [3.05, 3.63) is 93.5 Å². The number of ether oxygens (including phenoxy) is 2. The van der Waals surface area contributed by atoms with E-state index < -0.39 is 0 Å². The number of aryl methyl sites for hydroxylation is 1. The third kappa shape index (κ3) is 3.30. The van der Waals surface area contributed by atoms with Crippen molar-refractivity contribution in [2.75, 3.05) is 7.11 Å². The SMILES string of the molecule is COc1ccc([C@@H]2C[C@@H](c3ccccc3)Oc3cc(C)c(Cl)c(C)c32)cc1. The van der Waals surface area contributed by atoms with Crippen LogP contribution in [0.2, 0.25) is 5.02 Å². The van der Waals surface area contributed by atoms with Crippen LogP contribution in [-0.4, -0.2) is 7.11 Å². The molecule has 0 spiro atoms. The summed E-state index contributed by atoms with van der Waals surface area (Å²) in [6, 6.07) is 20.9. The lowest BCUT2D eigenvalue weighted by atomic mass is 9.80. The monoisotopic (exact) mass is 378 g/mol. The van der Waals surface area contributed by atoms with Gasteiger partial charge in [0.15, 0.2) is 0 Å². The maximum absolute atomic E-state index is 6.59. The van der Waals surface area contributed by atoms with E-state index in [2.05, 4.69) is 49.4 Å². The van der Waals surface area contributed by atoms with Crippen LogP contribution in [-0.2, 0) is 0 Å². The number of hydrogen-bond acceptors (Lipinski definition) is 2. The highest BCUT2D eigenvalue weighted by Gasteiger charge is 2.32. The molecule has 0 N–H and O–H groups in total. The fourth-order valence-corrected chi connectivity index (χ4v) is 4.17. The summed E-state index contributed by atoms with van der Waals surface area (Å²) in [5.74, 6) is 2.03. The van der Waals surface area contributed by atoms with Crippen LogP contribution >= 0.6 is 11.6 Å². The fraction of sp³-hybridized carbons (Fsp3) is 0.250. The Morgan fingerprint density at radius 3 is 2.33 bits per heavy atom. The highest BCUT2D eigenvalue weighted by Crippen LogP contribution is 2.48. The molecule has 138 valence electrons. The van der Waals surface area contributed by atoms with E-state index >= 15 is 0 Å². The number of halogens is 1. The lowest BCUT2D eigenvalue weighted by Gasteiger charge is -2.35. The highest BCUT2D eigenvalue weighted by atomic mass is 35.5. The van der Waals surface area contributed by atoms with Crippen LogP contribution in [0.5, 0.6) is 11.5 Å². The summed E-state index contributed by atoms with van der Waals surface area (Å²) >= 11 is 6.59. The molecule has 27 heavy (non-hydrogen) atoms. The Morgan fingerprint density at radius 2 is 1.67 bits per heavy atom. The molecule has 0 amide bonds. The average Bonchev–Trinajstić information content (AvgIpc) is 2.72. The van der Waals surface area contributed by atoms with Gasteiger partial charge in [-0.05, 0) is 60.7 Å². The van der Waals surface area contributed by atoms with Gasteiger partial charge < -0.3 is 9.47 Å². The molecular formula is C24H23ClO2. The van der Waals surface area contributed by atoms with E-state index in [-0.39, 0.29) is 12.0 Å². The smallest absolute Gasteiger partial charge is 0.125 e. The van der Waals surface area contributed by atoms with Gasteiger partial charge in [0.25, 0.3) is 0 Å². The molecule has 0 aromatic heterocycles. The largest absolute Gasteiger partial charge is 0.497 e. The quantitative estimate of drug-likeness (QED) is 0.509. The summed E-state index contributed by atoms with van der Waals surface area (Å²) in [5, 5.41) is 0.828. The molecule has 0 fully saturated rings. The lowest BCUT2D eigenvalue weighted by molar-refractivity contribution is 0.167. The van der Waals surface area contributed by atoms with Gasteiger partial charge in [0.2, 0.25) is 0 Å². The molecule has 2 nitrogen and oxygen atoms in total. The Hall–Kier alpha value is -2.45. The van der Waals surface area contributed by atoms with Gasteiger partial charge in [-0.2, -0.15) is 0 Å². The molecule has 0 bridgehead atoms. The van der Waals surface area contributed by atoms with Crippen molar-refractivity contribution in [1.82, 2.24) is 0 Å². The molecule has 0 aliphatic carbocycles. The van der Waals surface area contributed by atoms with Crippen LogP contribution in [0.3, 0.4) is 0 Å². The van der Waals surface area contributed by atoms with Crippen molar-refractivity contribution in [3.8, 4) is 11.5 Å². The zero-order chi connectivity index (χ0) is 19.0. The Balaban J connectivity index is 1.84. The van der Waals surface area contributed by atoms with Crippen LogP contribution in [0, 0.1) is 13.8 Å². The molecule has 0 saturated carbocycles. The van der Waals surface area contributed by atoms with Gasteiger partial charge >= 0.3 is 0 Å². The molecular weight excluding hydrogens is 356 g/mol. The summed E-state index contributed by atoms with van der Waals surface area (Å²) in [4.78, 5) is 0. The van der Waals surface area contributed by atoms with E-state index in [4.69, 9.17) is 21.1 Å². The number of methoxy groups -OCH3 is 1. The number of benzene rings is 3. The molecule has 1 aliphatic rings. The van der Waals surface area contributed by atoms with Crippen molar-refractivity contribution in [3.63, 3.8) is 0 Å². The van der Waals surface area contributed by atoms with E-state index in [9.17, 15) is 0 Å². The Bertz CT molecular complexity index is 948. The highest BCUT2D eigenvalue weighted by molar-refractivity contribution is 6.32. The molecule has 3 aromatic carbocycles. The van der Waals surface area contributed by atoms with Crippen LogP contribution in [0.25, 0.3) is 0 Å². The van der Waals surface area contributed by atoms with Gasteiger partial charge in [-0.3, -0.25) is 0 Å². The minimum atomic E-state index is 0.0192. The fourth-order valence-electron chi connectivity index (χ4n) is 4.01. The van der Waals surface area contributed by atoms with Gasteiger partial charge in [0, 0.05) is 16.5 Å². The molecule has 4 rings (SSSR count). The summed E-state index contributed by atoms with van der Waals surface area (Å²) in [6.07, 6.45) is 0.898. The standard InChI is InChI=1S/C24H23ClO2/c1-15-13-22-23(16(2)24(15)25)20(17-9-11-19(26-3)12-10-17)14-21(27-22)18-7-5-4-6-8-18/h4-13,20-21H,14H2,1-3H3/t20-,21-/m0/s1.